The lowest BCUT2D eigenvalue weighted by Crippen LogP contribution is -2.16. The number of rotatable bonds is 4. The lowest BCUT2D eigenvalue weighted by molar-refractivity contribution is -0.385. The van der Waals surface area contributed by atoms with Gasteiger partial charge in [-0.25, -0.2) is 4.39 Å². The molecule has 21 heavy (non-hydrogen) atoms. The Morgan fingerprint density at radius 2 is 2.00 bits per heavy atom. The van der Waals surface area contributed by atoms with E-state index in [2.05, 4.69) is 5.32 Å². The average molecular weight is 288 g/mol. The van der Waals surface area contributed by atoms with Crippen molar-refractivity contribution in [3.8, 4) is 0 Å². The van der Waals surface area contributed by atoms with Crippen molar-refractivity contribution in [1.29, 1.82) is 0 Å². The zero-order valence-electron chi connectivity index (χ0n) is 11.3. The molecule has 0 bridgehead atoms. The highest BCUT2D eigenvalue weighted by molar-refractivity contribution is 5.92. The van der Waals surface area contributed by atoms with Gasteiger partial charge in [-0.1, -0.05) is 24.3 Å². The highest BCUT2D eigenvalue weighted by Crippen LogP contribution is 2.20. The summed E-state index contributed by atoms with van der Waals surface area (Å²) < 4.78 is 13.6. The molecule has 0 unspecified atom stereocenters. The van der Waals surface area contributed by atoms with Crippen LogP contribution in [-0.2, 0) is 11.2 Å². The quantitative estimate of drug-likeness (QED) is 0.693. The van der Waals surface area contributed by atoms with Crippen molar-refractivity contribution < 1.29 is 14.1 Å². The summed E-state index contributed by atoms with van der Waals surface area (Å²) in [4.78, 5) is 22.2. The standard InChI is InChI=1S/C15H13FN2O3/c1-10-6-7-13(12(16)8-10)17-15(19)9-11-4-2-3-5-14(11)18(20)21/h2-8H,9H2,1H3,(H,17,19). The van der Waals surface area contributed by atoms with Gasteiger partial charge in [-0.05, 0) is 24.6 Å². The van der Waals surface area contributed by atoms with E-state index in [0.29, 0.717) is 0 Å². The van der Waals surface area contributed by atoms with Gasteiger partial charge in [0.05, 0.1) is 17.0 Å². The van der Waals surface area contributed by atoms with Gasteiger partial charge in [0, 0.05) is 11.6 Å². The maximum atomic E-state index is 13.6. The monoisotopic (exact) mass is 288 g/mol. The van der Waals surface area contributed by atoms with Crippen LogP contribution in [0.4, 0.5) is 15.8 Å². The molecule has 0 aromatic heterocycles. The molecule has 0 aliphatic heterocycles. The molecule has 0 fully saturated rings. The second kappa shape index (κ2) is 6.13. The molecule has 0 heterocycles. The molecule has 5 nitrogen and oxygen atoms in total. The van der Waals surface area contributed by atoms with Crippen molar-refractivity contribution in [3.05, 3.63) is 69.5 Å². The average Bonchev–Trinajstić information content (AvgIpc) is 2.42. The normalized spacial score (nSPS) is 10.2. The van der Waals surface area contributed by atoms with Gasteiger partial charge in [0.15, 0.2) is 0 Å². The number of para-hydroxylation sites is 1. The Morgan fingerprint density at radius 1 is 1.29 bits per heavy atom. The number of nitrogens with one attached hydrogen (secondary N) is 1. The molecule has 6 heteroatoms. The molecule has 1 N–H and O–H groups in total. The zero-order valence-corrected chi connectivity index (χ0v) is 11.3. The van der Waals surface area contributed by atoms with Gasteiger partial charge in [-0.3, -0.25) is 14.9 Å². The summed E-state index contributed by atoms with van der Waals surface area (Å²) in [5.74, 6) is -1.04. The number of benzene rings is 2. The smallest absolute Gasteiger partial charge is 0.273 e. The minimum Gasteiger partial charge on any atom is -0.323 e. The van der Waals surface area contributed by atoms with E-state index in [1.165, 1.54) is 30.3 Å². The van der Waals surface area contributed by atoms with Gasteiger partial charge in [0.2, 0.25) is 5.91 Å². The van der Waals surface area contributed by atoms with Gasteiger partial charge in [-0.2, -0.15) is 0 Å². The van der Waals surface area contributed by atoms with Crippen molar-refractivity contribution in [1.82, 2.24) is 0 Å². The summed E-state index contributed by atoms with van der Waals surface area (Å²) in [6.07, 6.45) is -0.190. The number of amides is 1. The zero-order chi connectivity index (χ0) is 15.4. The molecular formula is C15H13FN2O3. The van der Waals surface area contributed by atoms with E-state index >= 15 is 0 Å². The molecule has 2 rings (SSSR count). The number of hydrogen-bond donors (Lipinski definition) is 1. The van der Waals surface area contributed by atoms with Crippen LogP contribution >= 0.6 is 0 Å². The van der Waals surface area contributed by atoms with Crippen LogP contribution < -0.4 is 5.32 Å². The van der Waals surface area contributed by atoms with Gasteiger partial charge in [0.1, 0.15) is 5.82 Å². The Bertz CT molecular complexity index is 701. The highest BCUT2D eigenvalue weighted by atomic mass is 19.1. The fourth-order valence-electron chi connectivity index (χ4n) is 1.93. The molecule has 0 saturated carbocycles. The van der Waals surface area contributed by atoms with Crippen LogP contribution in [0.3, 0.4) is 0 Å². The largest absolute Gasteiger partial charge is 0.323 e. The third-order valence-corrected chi connectivity index (χ3v) is 2.94. The number of anilines is 1. The molecule has 0 saturated heterocycles. The van der Waals surface area contributed by atoms with Crippen molar-refractivity contribution in [2.24, 2.45) is 0 Å². The number of aryl methyl sites for hydroxylation is 1. The van der Waals surface area contributed by atoms with Gasteiger partial charge >= 0.3 is 0 Å². The molecule has 0 aliphatic rings. The number of carbonyl (C=O) groups is 1. The minimum absolute atomic E-state index is 0.0594. The van der Waals surface area contributed by atoms with Gasteiger partial charge in [0.25, 0.3) is 5.69 Å². The van der Waals surface area contributed by atoms with E-state index in [9.17, 15) is 19.3 Å². The van der Waals surface area contributed by atoms with Crippen LogP contribution in [0.25, 0.3) is 0 Å². The molecule has 0 spiro atoms. The predicted octanol–water partition coefficient (Wildman–Crippen LogP) is 3.22. The molecule has 0 radical (unpaired) electrons. The lowest BCUT2D eigenvalue weighted by atomic mass is 10.1. The van der Waals surface area contributed by atoms with Crippen molar-refractivity contribution in [2.45, 2.75) is 13.3 Å². The Kier molecular flexibility index (Phi) is 4.27. The van der Waals surface area contributed by atoms with Crippen LogP contribution in [0.2, 0.25) is 0 Å². The summed E-state index contributed by atoms with van der Waals surface area (Å²) in [5.41, 5.74) is 0.956. The number of carbonyl (C=O) groups excluding carboxylic acids is 1. The third kappa shape index (κ3) is 3.62. The van der Waals surface area contributed by atoms with Gasteiger partial charge < -0.3 is 5.32 Å². The first kappa shape index (κ1) is 14.6. The topological polar surface area (TPSA) is 72.2 Å². The second-order valence-electron chi connectivity index (χ2n) is 4.59. The van der Waals surface area contributed by atoms with Crippen LogP contribution in [0.5, 0.6) is 0 Å². The maximum Gasteiger partial charge on any atom is 0.273 e. The molecule has 0 aliphatic carbocycles. The predicted molar refractivity (Wildman–Crippen MR) is 76.6 cm³/mol. The Balaban J connectivity index is 2.14. The van der Waals surface area contributed by atoms with Gasteiger partial charge in [-0.15, -0.1) is 0 Å². The Morgan fingerprint density at radius 3 is 2.67 bits per heavy atom. The van der Waals surface area contributed by atoms with Crippen molar-refractivity contribution in [2.75, 3.05) is 5.32 Å². The summed E-state index contributed by atoms with van der Waals surface area (Å²) in [6.45, 7) is 1.74. The molecule has 1 amide bonds. The van der Waals surface area contributed by atoms with E-state index < -0.39 is 16.6 Å². The van der Waals surface area contributed by atoms with E-state index in [-0.39, 0.29) is 23.4 Å². The first-order valence-corrected chi connectivity index (χ1v) is 6.25. The molecule has 108 valence electrons. The molecule has 2 aromatic carbocycles. The summed E-state index contributed by atoms with van der Waals surface area (Å²) in [6, 6.07) is 10.4. The first-order chi connectivity index (χ1) is 9.97. The second-order valence-corrected chi connectivity index (χ2v) is 4.59. The molecule has 0 atom stereocenters. The summed E-state index contributed by atoms with van der Waals surface area (Å²) in [7, 11) is 0. The fraction of sp³-hybridized carbons (Fsp3) is 0.133. The molecule has 2 aromatic rings. The van der Waals surface area contributed by atoms with Crippen LogP contribution in [0, 0.1) is 22.9 Å². The highest BCUT2D eigenvalue weighted by Gasteiger charge is 2.16. The SMILES string of the molecule is Cc1ccc(NC(=O)Cc2ccccc2[N+](=O)[O-])c(F)c1. The summed E-state index contributed by atoms with van der Waals surface area (Å²) >= 11 is 0. The van der Waals surface area contributed by atoms with Crippen LogP contribution in [0.15, 0.2) is 42.5 Å². The number of hydrogen-bond acceptors (Lipinski definition) is 3. The van der Waals surface area contributed by atoms with Crippen LogP contribution in [-0.4, -0.2) is 10.8 Å². The van der Waals surface area contributed by atoms with Crippen molar-refractivity contribution in [3.63, 3.8) is 0 Å². The maximum absolute atomic E-state index is 13.6. The third-order valence-electron chi connectivity index (χ3n) is 2.94. The van der Waals surface area contributed by atoms with E-state index in [1.54, 1.807) is 19.1 Å². The number of nitro benzene ring substituents is 1. The van der Waals surface area contributed by atoms with E-state index in [0.717, 1.165) is 5.56 Å². The Labute approximate surface area is 120 Å². The lowest BCUT2D eigenvalue weighted by Gasteiger charge is -2.07. The first-order valence-electron chi connectivity index (χ1n) is 6.25. The fourth-order valence-corrected chi connectivity index (χ4v) is 1.93. The minimum atomic E-state index is -0.547. The van der Waals surface area contributed by atoms with E-state index in [1.807, 2.05) is 0 Å². The van der Waals surface area contributed by atoms with E-state index in [4.69, 9.17) is 0 Å². The number of nitro groups is 1. The van der Waals surface area contributed by atoms with Crippen molar-refractivity contribution >= 4 is 17.3 Å². The number of halogens is 1. The molecular weight excluding hydrogens is 275 g/mol. The number of nitrogens with zero attached hydrogens (tertiary/aromatic N) is 1. The Hall–Kier alpha value is -2.76. The summed E-state index contributed by atoms with van der Waals surface area (Å²) in [5, 5.41) is 13.3. The van der Waals surface area contributed by atoms with Crippen LogP contribution in [0.1, 0.15) is 11.1 Å².